The molecule has 1 heteroatoms. The summed E-state index contributed by atoms with van der Waals surface area (Å²) in [4.78, 5) is 0. The SMILES string of the molecule is C=C(CC)CNC1CCCC1C. The van der Waals surface area contributed by atoms with Crippen LogP contribution in [0, 0.1) is 5.92 Å². The highest BCUT2D eigenvalue weighted by Gasteiger charge is 2.22. The molecule has 0 aromatic carbocycles. The fourth-order valence-electron chi connectivity index (χ4n) is 1.85. The lowest BCUT2D eigenvalue weighted by Gasteiger charge is -2.17. The molecule has 70 valence electrons. The lowest BCUT2D eigenvalue weighted by atomic mass is 10.1. The van der Waals surface area contributed by atoms with Crippen LogP contribution in [0.4, 0.5) is 0 Å². The van der Waals surface area contributed by atoms with Gasteiger partial charge < -0.3 is 5.32 Å². The Morgan fingerprint density at radius 1 is 1.50 bits per heavy atom. The van der Waals surface area contributed by atoms with Crippen molar-refractivity contribution in [3.05, 3.63) is 12.2 Å². The van der Waals surface area contributed by atoms with E-state index in [4.69, 9.17) is 0 Å². The van der Waals surface area contributed by atoms with Crippen molar-refractivity contribution in [3.8, 4) is 0 Å². The highest BCUT2D eigenvalue weighted by molar-refractivity contribution is 4.96. The van der Waals surface area contributed by atoms with E-state index in [1.165, 1.54) is 24.8 Å². The minimum atomic E-state index is 0.758. The van der Waals surface area contributed by atoms with E-state index in [-0.39, 0.29) is 0 Å². The Balaban J connectivity index is 2.18. The van der Waals surface area contributed by atoms with Crippen LogP contribution in [0.3, 0.4) is 0 Å². The predicted molar refractivity (Wildman–Crippen MR) is 54.2 cm³/mol. The zero-order valence-corrected chi connectivity index (χ0v) is 8.40. The summed E-state index contributed by atoms with van der Waals surface area (Å²) in [6, 6.07) is 0.758. The second-order valence-corrected chi connectivity index (χ2v) is 4.00. The van der Waals surface area contributed by atoms with Crippen LogP contribution in [0.2, 0.25) is 0 Å². The molecule has 1 saturated carbocycles. The maximum absolute atomic E-state index is 4.00. The van der Waals surface area contributed by atoms with Crippen LogP contribution in [-0.4, -0.2) is 12.6 Å². The fourth-order valence-corrected chi connectivity index (χ4v) is 1.85. The van der Waals surface area contributed by atoms with Gasteiger partial charge in [0.1, 0.15) is 0 Å². The van der Waals surface area contributed by atoms with E-state index < -0.39 is 0 Å². The molecular weight excluding hydrogens is 146 g/mol. The normalized spacial score (nSPS) is 29.2. The van der Waals surface area contributed by atoms with E-state index >= 15 is 0 Å². The van der Waals surface area contributed by atoms with Gasteiger partial charge in [-0.3, -0.25) is 0 Å². The van der Waals surface area contributed by atoms with Gasteiger partial charge in [0.05, 0.1) is 0 Å². The van der Waals surface area contributed by atoms with Gasteiger partial charge in [-0.2, -0.15) is 0 Å². The molecule has 2 unspecified atom stereocenters. The maximum atomic E-state index is 4.00. The van der Waals surface area contributed by atoms with Crippen LogP contribution in [-0.2, 0) is 0 Å². The van der Waals surface area contributed by atoms with Crippen LogP contribution in [0.5, 0.6) is 0 Å². The molecule has 0 aromatic heterocycles. The summed E-state index contributed by atoms with van der Waals surface area (Å²) in [7, 11) is 0. The molecule has 0 radical (unpaired) electrons. The first-order valence-corrected chi connectivity index (χ1v) is 5.14. The average Bonchev–Trinajstić information content (AvgIpc) is 2.47. The van der Waals surface area contributed by atoms with Crippen molar-refractivity contribution >= 4 is 0 Å². The van der Waals surface area contributed by atoms with Crippen LogP contribution in [0.25, 0.3) is 0 Å². The van der Waals surface area contributed by atoms with Crippen molar-refractivity contribution in [3.63, 3.8) is 0 Å². The molecule has 0 bridgehead atoms. The average molecular weight is 167 g/mol. The summed E-state index contributed by atoms with van der Waals surface area (Å²) >= 11 is 0. The number of rotatable bonds is 4. The van der Waals surface area contributed by atoms with Crippen LogP contribution < -0.4 is 5.32 Å². The summed E-state index contributed by atoms with van der Waals surface area (Å²) in [5.74, 6) is 0.870. The molecule has 0 heterocycles. The zero-order chi connectivity index (χ0) is 8.97. The van der Waals surface area contributed by atoms with Crippen molar-refractivity contribution in [2.75, 3.05) is 6.54 Å². The Bertz CT molecular complexity index is 151. The van der Waals surface area contributed by atoms with E-state index in [2.05, 4.69) is 25.7 Å². The Labute approximate surface area is 76.2 Å². The fraction of sp³-hybridized carbons (Fsp3) is 0.818. The van der Waals surface area contributed by atoms with Gasteiger partial charge in [-0.15, -0.1) is 0 Å². The third-order valence-corrected chi connectivity index (χ3v) is 2.98. The molecular formula is C11H21N. The molecule has 1 nitrogen and oxygen atoms in total. The Morgan fingerprint density at radius 2 is 2.25 bits per heavy atom. The molecule has 1 rings (SSSR count). The Hall–Kier alpha value is -0.300. The van der Waals surface area contributed by atoms with E-state index in [1.54, 1.807) is 0 Å². The van der Waals surface area contributed by atoms with E-state index in [1.807, 2.05) is 0 Å². The second-order valence-electron chi connectivity index (χ2n) is 4.00. The molecule has 1 aliphatic rings. The first kappa shape index (κ1) is 9.79. The van der Waals surface area contributed by atoms with Gasteiger partial charge in [0.2, 0.25) is 0 Å². The lowest BCUT2D eigenvalue weighted by molar-refractivity contribution is 0.440. The summed E-state index contributed by atoms with van der Waals surface area (Å²) < 4.78 is 0. The molecule has 1 N–H and O–H groups in total. The predicted octanol–water partition coefficient (Wildman–Crippen LogP) is 2.73. The first-order chi connectivity index (χ1) is 5.74. The molecule has 0 saturated heterocycles. The molecule has 0 aromatic rings. The molecule has 0 spiro atoms. The minimum Gasteiger partial charge on any atom is -0.310 e. The summed E-state index contributed by atoms with van der Waals surface area (Å²) in [6.07, 6.45) is 5.26. The molecule has 12 heavy (non-hydrogen) atoms. The van der Waals surface area contributed by atoms with E-state index in [0.717, 1.165) is 24.9 Å². The van der Waals surface area contributed by atoms with Gasteiger partial charge in [-0.05, 0) is 25.2 Å². The van der Waals surface area contributed by atoms with E-state index in [9.17, 15) is 0 Å². The molecule has 2 atom stereocenters. The first-order valence-electron chi connectivity index (χ1n) is 5.14. The minimum absolute atomic E-state index is 0.758. The summed E-state index contributed by atoms with van der Waals surface area (Å²) in [6.45, 7) is 9.53. The molecule has 0 amide bonds. The van der Waals surface area contributed by atoms with Crippen molar-refractivity contribution < 1.29 is 0 Å². The van der Waals surface area contributed by atoms with Gasteiger partial charge in [0.25, 0.3) is 0 Å². The van der Waals surface area contributed by atoms with Gasteiger partial charge >= 0.3 is 0 Å². The highest BCUT2D eigenvalue weighted by Crippen LogP contribution is 2.24. The Morgan fingerprint density at radius 3 is 2.75 bits per heavy atom. The van der Waals surface area contributed by atoms with Crippen LogP contribution in [0.15, 0.2) is 12.2 Å². The van der Waals surface area contributed by atoms with Crippen molar-refractivity contribution in [2.24, 2.45) is 5.92 Å². The quantitative estimate of drug-likeness (QED) is 0.635. The highest BCUT2D eigenvalue weighted by atomic mass is 14.9. The summed E-state index contributed by atoms with van der Waals surface area (Å²) in [5.41, 5.74) is 1.33. The van der Waals surface area contributed by atoms with Gasteiger partial charge in [-0.1, -0.05) is 32.4 Å². The number of nitrogens with one attached hydrogen (secondary N) is 1. The van der Waals surface area contributed by atoms with Gasteiger partial charge in [0, 0.05) is 12.6 Å². The zero-order valence-electron chi connectivity index (χ0n) is 8.40. The smallest absolute Gasteiger partial charge is 0.0164 e. The topological polar surface area (TPSA) is 12.0 Å². The maximum Gasteiger partial charge on any atom is 0.0164 e. The van der Waals surface area contributed by atoms with Crippen molar-refractivity contribution in [1.29, 1.82) is 0 Å². The monoisotopic (exact) mass is 167 g/mol. The third kappa shape index (κ3) is 2.63. The largest absolute Gasteiger partial charge is 0.310 e. The lowest BCUT2D eigenvalue weighted by Crippen LogP contribution is -2.32. The standard InChI is InChI=1S/C11H21N/c1-4-9(2)8-12-11-7-5-6-10(11)3/h10-12H,2,4-8H2,1,3H3. The second kappa shape index (κ2) is 4.66. The Kier molecular flexibility index (Phi) is 3.80. The van der Waals surface area contributed by atoms with Gasteiger partial charge in [-0.25, -0.2) is 0 Å². The number of hydrogen-bond donors (Lipinski definition) is 1. The van der Waals surface area contributed by atoms with E-state index in [0.29, 0.717) is 0 Å². The number of hydrogen-bond acceptors (Lipinski definition) is 1. The summed E-state index contributed by atoms with van der Waals surface area (Å²) in [5, 5.41) is 3.58. The van der Waals surface area contributed by atoms with Crippen LogP contribution in [0.1, 0.15) is 39.5 Å². The molecule has 0 aliphatic heterocycles. The van der Waals surface area contributed by atoms with Crippen molar-refractivity contribution in [2.45, 2.75) is 45.6 Å². The van der Waals surface area contributed by atoms with Gasteiger partial charge in [0.15, 0.2) is 0 Å². The molecule has 1 aliphatic carbocycles. The van der Waals surface area contributed by atoms with Crippen LogP contribution >= 0.6 is 0 Å². The van der Waals surface area contributed by atoms with Crippen molar-refractivity contribution in [1.82, 2.24) is 5.32 Å². The molecule has 1 fully saturated rings. The third-order valence-electron chi connectivity index (χ3n) is 2.98.